The normalized spacial score (nSPS) is 11.6. The first kappa shape index (κ1) is 31.8. The van der Waals surface area contributed by atoms with Gasteiger partial charge in [0.2, 0.25) is 5.95 Å². The molecule has 0 amide bonds. The minimum atomic E-state index is 0.544. The summed E-state index contributed by atoms with van der Waals surface area (Å²) in [5.74, 6) is 1.70. The average Bonchev–Trinajstić information content (AvgIpc) is 3.80. The van der Waals surface area contributed by atoms with E-state index in [0.29, 0.717) is 17.6 Å². The van der Waals surface area contributed by atoms with Gasteiger partial charge in [-0.3, -0.25) is 9.55 Å². The Morgan fingerprint density at radius 2 is 0.821 bits per heavy atom. The molecule has 0 aliphatic carbocycles. The molecule has 0 aliphatic rings. The van der Waals surface area contributed by atoms with E-state index in [0.717, 1.165) is 82.7 Å². The lowest BCUT2D eigenvalue weighted by atomic mass is 9.91. The number of nitrogens with zero attached hydrogens (tertiary/aromatic N) is 6. The van der Waals surface area contributed by atoms with Crippen molar-refractivity contribution >= 4 is 43.6 Å². The fraction of sp³-hybridized carbons (Fsp3) is 0. The van der Waals surface area contributed by atoms with Gasteiger partial charge in [0.05, 0.1) is 34.0 Å². The molecule has 0 spiro atoms. The minimum absolute atomic E-state index is 0.544. The largest absolute Gasteiger partial charge is 0.307 e. The van der Waals surface area contributed by atoms with Crippen molar-refractivity contribution < 1.29 is 0 Å². The molecule has 0 atom stereocenters. The van der Waals surface area contributed by atoms with Crippen molar-refractivity contribution in [1.82, 2.24) is 29.1 Å². The number of hydrogen-bond donors (Lipinski definition) is 0. The number of benzene rings is 7. The van der Waals surface area contributed by atoms with Crippen LogP contribution in [0.4, 0.5) is 0 Å². The van der Waals surface area contributed by atoms with Gasteiger partial charge >= 0.3 is 0 Å². The molecule has 7 aromatic carbocycles. The van der Waals surface area contributed by atoms with Gasteiger partial charge in [-0.25, -0.2) is 4.98 Å². The van der Waals surface area contributed by atoms with E-state index in [9.17, 15) is 0 Å². The zero-order valence-corrected chi connectivity index (χ0v) is 30.2. The summed E-state index contributed by atoms with van der Waals surface area (Å²) in [7, 11) is 0. The lowest BCUT2D eigenvalue weighted by Gasteiger charge is -2.18. The van der Waals surface area contributed by atoms with E-state index >= 15 is 0 Å². The van der Waals surface area contributed by atoms with Gasteiger partial charge in [0, 0.05) is 38.9 Å². The molecule has 0 aliphatic heterocycles. The van der Waals surface area contributed by atoms with Crippen molar-refractivity contribution in [2.24, 2.45) is 0 Å². The summed E-state index contributed by atoms with van der Waals surface area (Å²) in [6.07, 6.45) is 3.80. The van der Waals surface area contributed by atoms with Crippen molar-refractivity contribution in [2.75, 3.05) is 0 Å². The van der Waals surface area contributed by atoms with Gasteiger partial charge in [0.1, 0.15) is 0 Å². The fourth-order valence-corrected chi connectivity index (χ4v) is 8.28. The van der Waals surface area contributed by atoms with Crippen molar-refractivity contribution in [3.63, 3.8) is 0 Å². The Morgan fingerprint density at radius 1 is 0.339 bits per heavy atom. The highest BCUT2D eigenvalue weighted by Gasteiger charge is 2.24. The number of pyridine rings is 1. The van der Waals surface area contributed by atoms with E-state index in [1.807, 2.05) is 24.5 Å². The topological polar surface area (TPSA) is 61.4 Å². The summed E-state index contributed by atoms with van der Waals surface area (Å²) < 4.78 is 4.46. The monoisotopic (exact) mass is 716 g/mol. The summed E-state index contributed by atoms with van der Waals surface area (Å²) >= 11 is 0. The number of para-hydroxylation sites is 4. The molecule has 0 saturated carbocycles. The summed E-state index contributed by atoms with van der Waals surface area (Å²) in [5, 5.41) is 4.57. The van der Waals surface area contributed by atoms with Crippen LogP contribution in [0.2, 0.25) is 0 Å². The van der Waals surface area contributed by atoms with E-state index in [-0.39, 0.29) is 0 Å². The summed E-state index contributed by atoms with van der Waals surface area (Å²) in [4.78, 5) is 20.9. The molecule has 0 radical (unpaired) electrons. The van der Waals surface area contributed by atoms with E-state index in [2.05, 4.69) is 184 Å². The van der Waals surface area contributed by atoms with Gasteiger partial charge in [-0.2, -0.15) is 9.97 Å². The number of fused-ring (bicyclic) bond motifs is 6. The molecule has 6 heteroatoms. The Morgan fingerprint density at radius 3 is 1.45 bits per heavy atom. The average molecular weight is 717 g/mol. The first-order valence-electron chi connectivity index (χ1n) is 18.7. The molecule has 11 rings (SSSR count). The number of aromatic nitrogens is 6. The van der Waals surface area contributed by atoms with E-state index in [1.165, 1.54) is 0 Å². The van der Waals surface area contributed by atoms with Crippen LogP contribution in [0, 0.1) is 0 Å². The summed E-state index contributed by atoms with van der Waals surface area (Å²) in [6.45, 7) is 0. The third-order valence-corrected chi connectivity index (χ3v) is 10.7. The zero-order valence-electron chi connectivity index (χ0n) is 30.2. The van der Waals surface area contributed by atoms with Crippen LogP contribution in [0.25, 0.3) is 100 Å². The van der Waals surface area contributed by atoms with Gasteiger partial charge in [-0.15, -0.1) is 0 Å². The quantitative estimate of drug-likeness (QED) is 0.172. The maximum absolute atomic E-state index is 5.48. The van der Waals surface area contributed by atoms with Gasteiger partial charge in [-0.1, -0.05) is 146 Å². The van der Waals surface area contributed by atoms with Crippen LogP contribution >= 0.6 is 0 Å². The summed E-state index contributed by atoms with van der Waals surface area (Å²) in [5.41, 5.74) is 11.2. The van der Waals surface area contributed by atoms with Crippen LogP contribution in [-0.2, 0) is 0 Å². The maximum atomic E-state index is 5.48. The van der Waals surface area contributed by atoms with Crippen LogP contribution in [0.3, 0.4) is 0 Å². The molecule has 0 saturated heterocycles. The van der Waals surface area contributed by atoms with E-state index < -0.39 is 0 Å². The third kappa shape index (κ3) is 5.04. The molecule has 4 aromatic heterocycles. The zero-order chi connectivity index (χ0) is 37.0. The fourth-order valence-electron chi connectivity index (χ4n) is 8.28. The maximum Gasteiger partial charge on any atom is 0.238 e. The minimum Gasteiger partial charge on any atom is -0.307 e. The number of rotatable bonds is 6. The predicted molar refractivity (Wildman–Crippen MR) is 228 cm³/mol. The Bertz CT molecular complexity index is 3090. The lowest BCUT2D eigenvalue weighted by molar-refractivity contribution is 0.952. The smallest absolute Gasteiger partial charge is 0.238 e. The van der Waals surface area contributed by atoms with Crippen LogP contribution in [-0.4, -0.2) is 29.1 Å². The van der Waals surface area contributed by atoms with E-state index in [1.54, 1.807) is 0 Å². The first-order valence-corrected chi connectivity index (χ1v) is 18.7. The molecule has 262 valence electrons. The van der Waals surface area contributed by atoms with Crippen molar-refractivity contribution in [3.05, 3.63) is 194 Å². The van der Waals surface area contributed by atoms with E-state index in [4.69, 9.17) is 15.0 Å². The van der Waals surface area contributed by atoms with Crippen LogP contribution in [0.5, 0.6) is 0 Å². The van der Waals surface area contributed by atoms with Gasteiger partial charge in [0.25, 0.3) is 0 Å². The SMILES string of the molecule is c1ccc(-c2cccc(-c3ccccc3)c2-c2nc(-c3ccccc3-n3c4ccccc4c4ccncc43)nc(-n3c4ccccc4c4ccccc43)n2)cc1. The van der Waals surface area contributed by atoms with Crippen LogP contribution < -0.4 is 0 Å². The number of hydrogen-bond acceptors (Lipinski definition) is 4. The van der Waals surface area contributed by atoms with Gasteiger partial charge in [-0.05, 0) is 58.7 Å². The first-order chi connectivity index (χ1) is 27.8. The van der Waals surface area contributed by atoms with Crippen LogP contribution in [0.15, 0.2) is 194 Å². The third-order valence-electron chi connectivity index (χ3n) is 10.7. The second kappa shape index (κ2) is 13.0. The Hall–Kier alpha value is -7.70. The second-order valence-electron chi connectivity index (χ2n) is 13.9. The highest BCUT2D eigenvalue weighted by molar-refractivity contribution is 6.10. The van der Waals surface area contributed by atoms with Gasteiger partial charge in [0.15, 0.2) is 11.6 Å². The second-order valence-corrected chi connectivity index (χ2v) is 13.9. The molecular formula is C50H32N6. The molecule has 0 bridgehead atoms. The van der Waals surface area contributed by atoms with Crippen molar-refractivity contribution in [3.8, 4) is 56.7 Å². The highest BCUT2D eigenvalue weighted by atomic mass is 15.2. The van der Waals surface area contributed by atoms with Gasteiger partial charge < -0.3 is 4.57 Å². The Balaban J connectivity index is 1.26. The molecule has 0 N–H and O–H groups in total. The van der Waals surface area contributed by atoms with Crippen LogP contribution in [0.1, 0.15) is 0 Å². The Labute approximate surface area is 322 Å². The molecule has 4 heterocycles. The lowest BCUT2D eigenvalue weighted by Crippen LogP contribution is -2.08. The molecule has 11 aromatic rings. The summed E-state index contributed by atoms with van der Waals surface area (Å²) in [6, 6.07) is 63.4. The molecule has 56 heavy (non-hydrogen) atoms. The molecule has 0 unspecified atom stereocenters. The van der Waals surface area contributed by atoms with Crippen molar-refractivity contribution in [2.45, 2.75) is 0 Å². The highest BCUT2D eigenvalue weighted by Crippen LogP contribution is 2.41. The van der Waals surface area contributed by atoms with Crippen molar-refractivity contribution in [1.29, 1.82) is 0 Å². The molecule has 6 nitrogen and oxygen atoms in total. The molecular weight excluding hydrogens is 685 g/mol. The Kier molecular flexibility index (Phi) is 7.38. The predicted octanol–water partition coefficient (Wildman–Crippen LogP) is 12.1. The standard InChI is InChI=1S/C50H32N6/c1-3-16-33(17-4-1)35-24-15-25-36(34-18-5-2-6-19-34)47(35)49-52-48(53-50(54-49)56-43-27-12-8-20-37(43)38-21-9-13-28-44(38)56)41-23-10-14-29-45(41)55-42-26-11-7-22-39(42)40-30-31-51-32-46(40)55/h1-32H. The molecule has 0 fully saturated rings.